The molecule has 4 heteroatoms. The fourth-order valence-corrected chi connectivity index (χ4v) is 2.50. The Morgan fingerprint density at radius 1 is 1.08 bits per heavy atom. The maximum absolute atomic E-state index is 12.6. The zero-order chi connectivity index (χ0) is 17.4. The third-order valence-corrected chi connectivity index (χ3v) is 3.82. The summed E-state index contributed by atoms with van der Waals surface area (Å²) < 4.78 is 5.14. The molecule has 2 aromatic carbocycles. The van der Waals surface area contributed by atoms with E-state index in [-0.39, 0.29) is 5.91 Å². The Labute approximate surface area is 143 Å². The van der Waals surface area contributed by atoms with Crippen molar-refractivity contribution in [3.63, 3.8) is 0 Å². The van der Waals surface area contributed by atoms with E-state index in [1.54, 1.807) is 19.2 Å². The highest BCUT2D eigenvalue weighted by Crippen LogP contribution is 2.14. The molecule has 0 aliphatic rings. The molecule has 0 spiro atoms. The lowest BCUT2D eigenvalue weighted by atomic mass is 10.1. The van der Waals surface area contributed by atoms with E-state index in [9.17, 15) is 4.79 Å². The van der Waals surface area contributed by atoms with Gasteiger partial charge in [0.15, 0.2) is 0 Å². The van der Waals surface area contributed by atoms with Gasteiger partial charge in [0.05, 0.1) is 25.2 Å². The average Bonchev–Trinajstić information content (AvgIpc) is 2.62. The molecule has 0 saturated carbocycles. The van der Waals surface area contributed by atoms with E-state index < -0.39 is 0 Å². The minimum atomic E-state index is 0.103. The molecule has 0 unspecified atom stereocenters. The van der Waals surface area contributed by atoms with Crippen molar-refractivity contribution in [2.45, 2.75) is 26.3 Å². The lowest BCUT2D eigenvalue weighted by Crippen LogP contribution is -2.32. The van der Waals surface area contributed by atoms with E-state index in [0.29, 0.717) is 18.5 Å². The molecule has 24 heavy (non-hydrogen) atoms. The largest absolute Gasteiger partial charge is 0.497 e. The fraction of sp³-hybridized carbons (Fsp3) is 0.300. The third-order valence-electron chi connectivity index (χ3n) is 3.82. The highest BCUT2D eigenvalue weighted by atomic mass is 16.5. The molecule has 2 rings (SSSR count). The number of amides is 1. The van der Waals surface area contributed by atoms with Crippen molar-refractivity contribution >= 4 is 5.91 Å². The second kappa shape index (κ2) is 8.73. The van der Waals surface area contributed by atoms with Crippen LogP contribution >= 0.6 is 0 Å². The summed E-state index contributed by atoms with van der Waals surface area (Å²) in [6.07, 6.45) is 1.28. The van der Waals surface area contributed by atoms with Crippen LogP contribution in [0.4, 0.5) is 0 Å². The number of hydrogen-bond donors (Lipinski definition) is 0. The minimum absolute atomic E-state index is 0.103. The molecule has 0 atom stereocenters. The van der Waals surface area contributed by atoms with Crippen molar-refractivity contribution in [1.82, 2.24) is 4.90 Å². The smallest absolute Gasteiger partial charge is 0.227 e. The normalized spacial score (nSPS) is 10.0. The minimum Gasteiger partial charge on any atom is -0.497 e. The number of methoxy groups -OCH3 is 1. The van der Waals surface area contributed by atoms with Gasteiger partial charge in [-0.3, -0.25) is 4.79 Å². The summed E-state index contributed by atoms with van der Waals surface area (Å²) in [7, 11) is 1.63. The molecule has 1 amide bonds. The van der Waals surface area contributed by atoms with Gasteiger partial charge < -0.3 is 9.64 Å². The molecule has 0 aliphatic carbocycles. The maximum atomic E-state index is 12.6. The van der Waals surface area contributed by atoms with E-state index in [0.717, 1.165) is 29.8 Å². The number of ether oxygens (including phenoxy) is 1. The summed E-state index contributed by atoms with van der Waals surface area (Å²) in [5.41, 5.74) is 2.64. The number of carbonyl (C=O) groups is 1. The molecular weight excluding hydrogens is 300 g/mol. The maximum Gasteiger partial charge on any atom is 0.227 e. The van der Waals surface area contributed by atoms with Gasteiger partial charge in [0.2, 0.25) is 5.91 Å². The lowest BCUT2D eigenvalue weighted by Gasteiger charge is -2.22. The van der Waals surface area contributed by atoms with Gasteiger partial charge in [-0.2, -0.15) is 5.26 Å². The average molecular weight is 322 g/mol. The summed E-state index contributed by atoms with van der Waals surface area (Å²) in [5, 5.41) is 8.86. The van der Waals surface area contributed by atoms with Gasteiger partial charge in [-0.15, -0.1) is 0 Å². The zero-order valence-corrected chi connectivity index (χ0v) is 14.2. The van der Waals surface area contributed by atoms with Gasteiger partial charge in [-0.1, -0.05) is 31.2 Å². The summed E-state index contributed by atoms with van der Waals surface area (Å²) in [5.74, 6) is 0.889. The SMILES string of the molecule is CCCN(Cc1ccc(C#N)cc1)C(=O)Cc1ccc(OC)cc1. The van der Waals surface area contributed by atoms with E-state index in [1.807, 2.05) is 41.3 Å². The first-order valence-electron chi connectivity index (χ1n) is 8.06. The standard InChI is InChI=1S/C20H22N2O2/c1-3-12-22(15-18-6-4-17(14-21)5-7-18)20(23)13-16-8-10-19(24-2)11-9-16/h4-11H,3,12-13,15H2,1-2H3. The van der Waals surface area contributed by atoms with Crippen molar-refractivity contribution in [2.24, 2.45) is 0 Å². The summed E-state index contributed by atoms with van der Waals surface area (Å²) in [4.78, 5) is 14.5. The van der Waals surface area contributed by atoms with Gasteiger partial charge in [0.1, 0.15) is 5.75 Å². The van der Waals surface area contributed by atoms with Crippen molar-refractivity contribution in [1.29, 1.82) is 5.26 Å². The van der Waals surface area contributed by atoms with Crippen LogP contribution in [0.5, 0.6) is 5.75 Å². The Hall–Kier alpha value is -2.80. The summed E-state index contributed by atoms with van der Waals surface area (Å²) >= 11 is 0. The number of benzene rings is 2. The summed E-state index contributed by atoms with van der Waals surface area (Å²) in [6, 6.07) is 17.1. The Balaban J connectivity index is 2.04. The first kappa shape index (κ1) is 17.6. The Kier molecular flexibility index (Phi) is 6.39. The van der Waals surface area contributed by atoms with E-state index in [1.165, 1.54) is 0 Å². The Morgan fingerprint density at radius 2 is 1.71 bits per heavy atom. The second-order valence-electron chi connectivity index (χ2n) is 5.65. The molecule has 2 aromatic rings. The molecule has 0 fully saturated rings. The number of nitrogens with zero attached hydrogens (tertiary/aromatic N) is 2. The van der Waals surface area contributed by atoms with E-state index >= 15 is 0 Å². The molecular formula is C20H22N2O2. The van der Waals surface area contributed by atoms with Crippen LogP contribution in [0.25, 0.3) is 0 Å². The van der Waals surface area contributed by atoms with Crippen molar-refractivity contribution in [2.75, 3.05) is 13.7 Å². The molecule has 0 aliphatic heterocycles. The number of hydrogen-bond acceptors (Lipinski definition) is 3. The number of carbonyl (C=O) groups excluding carboxylic acids is 1. The summed E-state index contributed by atoms with van der Waals surface area (Å²) in [6.45, 7) is 3.34. The quantitative estimate of drug-likeness (QED) is 0.783. The molecule has 0 aromatic heterocycles. The highest BCUT2D eigenvalue weighted by molar-refractivity contribution is 5.78. The third kappa shape index (κ3) is 4.85. The highest BCUT2D eigenvalue weighted by Gasteiger charge is 2.14. The van der Waals surface area contributed by atoms with Crippen LogP contribution in [-0.2, 0) is 17.8 Å². The van der Waals surface area contributed by atoms with Crippen molar-refractivity contribution in [3.8, 4) is 11.8 Å². The first-order chi connectivity index (χ1) is 11.7. The molecule has 4 nitrogen and oxygen atoms in total. The van der Waals surface area contributed by atoms with Crippen molar-refractivity contribution in [3.05, 3.63) is 65.2 Å². The van der Waals surface area contributed by atoms with Gasteiger partial charge in [0.25, 0.3) is 0 Å². The predicted molar refractivity (Wildman–Crippen MR) is 93.6 cm³/mol. The second-order valence-corrected chi connectivity index (χ2v) is 5.65. The predicted octanol–water partition coefficient (Wildman–Crippen LogP) is 3.55. The van der Waals surface area contributed by atoms with Crippen LogP contribution in [-0.4, -0.2) is 24.5 Å². The van der Waals surface area contributed by atoms with Crippen LogP contribution in [0.3, 0.4) is 0 Å². The van der Waals surface area contributed by atoms with Gasteiger partial charge in [-0.05, 0) is 41.8 Å². The molecule has 0 saturated heterocycles. The molecule has 0 bridgehead atoms. The van der Waals surface area contributed by atoms with Crippen LogP contribution in [0.15, 0.2) is 48.5 Å². The zero-order valence-electron chi connectivity index (χ0n) is 14.2. The lowest BCUT2D eigenvalue weighted by molar-refractivity contribution is -0.131. The van der Waals surface area contributed by atoms with Crippen LogP contribution < -0.4 is 4.74 Å². The van der Waals surface area contributed by atoms with Crippen LogP contribution in [0, 0.1) is 11.3 Å². The Bertz CT molecular complexity index is 700. The van der Waals surface area contributed by atoms with Crippen molar-refractivity contribution < 1.29 is 9.53 Å². The molecule has 0 radical (unpaired) electrons. The van der Waals surface area contributed by atoms with E-state index in [2.05, 4.69) is 13.0 Å². The molecule has 0 N–H and O–H groups in total. The Morgan fingerprint density at radius 3 is 2.25 bits per heavy atom. The van der Waals surface area contributed by atoms with Crippen LogP contribution in [0.2, 0.25) is 0 Å². The van der Waals surface area contributed by atoms with Gasteiger partial charge in [0, 0.05) is 13.1 Å². The molecule has 0 heterocycles. The van der Waals surface area contributed by atoms with E-state index in [4.69, 9.17) is 10.00 Å². The van der Waals surface area contributed by atoms with Gasteiger partial charge in [-0.25, -0.2) is 0 Å². The van der Waals surface area contributed by atoms with Crippen LogP contribution in [0.1, 0.15) is 30.0 Å². The van der Waals surface area contributed by atoms with Gasteiger partial charge >= 0.3 is 0 Å². The fourth-order valence-electron chi connectivity index (χ4n) is 2.50. The number of rotatable bonds is 7. The first-order valence-corrected chi connectivity index (χ1v) is 8.06. The number of nitriles is 1. The monoisotopic (exact) mass is 322 g/mol. The topological polar surface area (TPSA) is 53.3 Å². The molecule has 124 valence electrons.